The van der Waals surface area contributed by atoms with E-state index < -0.39 is 0 Å². The molecule has 1 heterocycles. The van der Waals surface area contributed by atoms with Crippen molar-refractivity contribution in [3.63, 3.8) is 0 Å². The van der Waals surface area contributed by atoms with Gasteiger partial charge in [0.05, 0.1) is 18.4 Å². The molecule has 2 N–H and O–H groups in total. The highest BCUT2D eigenvalue weighted by Gasteiger charge is 2.07. The molecule has 0 saturated heterocycles. The number of hydrogen-bond acceptors (Lipinski definition) is 4. The van der Waals surface area contributed by atoms with Crippen molar-refractivity contribution in [1.82, 2.24) is 10.3 Å². The second-order valence-corrected chi connectivity index (χ2v) is 6.66. The second-order valence-electron chi connectivity index (χ2n) is 6.66. The van der Waals surface area contributed by atoms with Gasteiger partial charge in [0.15, 0.2) is 0 Å². The number of hydrogen-bond donors (Lipinski definition) is 2. The molecule has 0 spiro atoms. The van der Waals surface area contributed by atoms with E-state index in [4.69, 9.17) is 4.74 Å². The summed E-state index contributed by atoms with van der Waals surface area (Å²) in [6.45, 7) is 3.31. The Bertz CT molecular complexity index is 906. The monoisotopic (exact) mass is 375 g/mol. The quantitative estimate of drug-likeness (QED) is 0.625. The summed E-state index contributed by atoms with van der Waals surface area (Å²) in [4.78, 5) is 16.6. The number of pyridine rings is 1. The summed E-state index contributed by atoms with van der Waals surface area (Å²) in [6, 6.07) is 18.0. The van der Waals surface area contributed by atoms with Crippen molar-refractivity contribution >= 4 is 11.6 Å². The molecule has 0 bridgehead atoms. The molecule has 5 nitrogen and oxygen atoms in total. The van der Waals surface area contributed by atoms with Gasteiger partial charge in [-0.05, 0) is 42.7 Å². The molecular formula is C23H25N3O2. The van der Waals surface area contributed by atoms with Gasteiger partial charge >= 0.3 is 0 Å². The number of carbonyl (C=O) groups excluding carboxylic acids is 1. The van der Waals surface area contributed by atoms with E-state index in [-0.39, 0.29) is 5.91 Å². The Morgan fingerprint density at radius 2 is 1.71 bits per heavy atom. The molecule has 0 fully saturated rings. The molecule has 3 aromatic rings. The van der Waals surface area contributed by atoms with Crippen molar-refractivity contribution in [3.05, 3.63) is 89.2 Å². The fourth-order valence-electron chi connectivity index (χ4n) is 2.79. The van der Waals surface area contributed by atoms with Crippen molar-refractivity contribution in [2.24, 2.45) is 0 Å². The number of anilines is 1. The average molecular weight is 375 g/mol. The van der Waals surface area contributed by atoms with Crippen LogP contribution in [-0.4, -0.2) is 24.5 Å². The molecule has 5 heteroatoms. The maximum absolute atomic E-state index is 12.4. The first-order chi connectivity index (χ1) is 13.6. The number of ether oxygens (including phenoxy) is 1. The van der Waals surface area contributed by atoms with Gasteiger partial charge in [-0.25, -0.2) is 0 Å². The van der Waals surface area contributed by atoms with E-state index in [1.807, 2.05) is 30.3 Å². The molecule has 0 aliphatic heterocycles. The van der Waals surface area contributed by atoms with Crippen LogP contribution in [0.3, 0.4) is 0 Å². The summed E-state index contributed by atoms with van der Waals surface area (Å²) in [5.41, 5.74) is 4.93. The Balaban J connectivity index is 1.50. The van der Waals surface area contributed by atoms with Crippen molar-refractivity contribution in [2.75, 3.05) is 19.0 Å². The fourth-order valence-corrected chi connectivity index (χ4v) is 2.79. The number of benzene rings is 2. The lowest BCUT2D eigenvalue weighted by atomic mass is 10.1. The standard InChI is InChI=1S/C23H25N3O2/c1-17-3-5-19(6-4-17)14-26-21-13-20(15-24-16-21)23(27)25-12-11-18-7-9-22(28-2)10-8-18/h3-10,13,15-16,26H,11-12,14H2,1-2H3,(H,25,27). The van der Waals surface area contributed by atoms with E-state index in [0.29, 0.717) is 18.7 Å². The third-order valence-corrected chi connectivity index (χ3v) is 4.48. The highest BCUT2D eigenvalue weighted by atomic mass is 16.5. The van der Waals surface area contributed by atoms with E-state index in [0.717, 1.165) is 23.4 Å². The second kappa shape index (κ2) is 9.55. The summed E-state index contributed by atoms with van der Waals surface area (Å²) in [7, 11) is 1.65. The Morgan fingerprint density at radius 1 is 1.00 bits per heavy atom. The van der Waals surface area contributed by atoms with Crippen LogP contribution < -0.4 is 15.4 Å². The van der Waals surface area contributed by atoms with Gasteiger partial charge in [0, 0.05) is 25.5 Å². The van der Waals surface area contributed by atoms with Crippen LogP contribution in [0, 0.1) is 6.92 Å². The van der Waals surface area contributed by atoms with Gasteiger partial charge < -0.3 is 15.4 Å². The zero-order chi connectivity index (χ0) is 19.8. The summed E-state index contributed by atoms with van der Waals surface area (Å²) in [5, 5.41) is 6.26. The van der Waals surface area contributed by atoms with Crippen LogP contribution >= 0.6 is 0 Å². The highest BCUT2D eigenvalue weighted by Crippen LogP contribution is 2.13. The van der Waals surface area contributed by atoms with Crippen LogP contribution in [-0.2, 0) is 13.0 Å². The SMILES string of the molecule is COc1ccc(CCNC(=O)c2cncc(NCc3ccc(C)cc3)c2)cc1. The van der Waals surface area contributed by atoms with E-state index in [9.17, 15) is 4.79 Å². The zero-order valence-electron chi connectivity index (χ0n) is 16.2. The average Bonchev–Trinajstić information content (AvgIpc) is 2.74. The molecule has 1 amide bonds. The van der Waals surface area contributed by atoms with Crippen LogP contribution in [0.1, 0.15) is 27.0 Å². The molecule has 0 radical (unpaired) electrons. The predicted molar refractivity (Wildman–Crippen MR) is 112 cm³/mol. The van der Waals surface area contributed by atoms with E-state index in [1.54, 1.807) is 19.5 Å². The largest absolute Gasteiger partial charge is 0.497 e. The van der Waals surface area contributed by atoms with E-state index >= 15 is 0 Å². The molecule has 0 unspecified atom stereocenters. The van der Waals surface area contributed by atoms with Crippen molar-refractivity contribution < 1.29 is 9.53 Å². The summed E-state index contributed by atoms with van der Waals surface area (Å²) in [5.74, 6) is 0.703. The fraction of sp³-hybridized carbons (Fsp3) is 0.217. The number of rotatable bonds is 8. The number of methoxy groups -OCH3 is 1. The third-order valence-electron chi connectivity index (χ3n) is 4.48. The maximum atomic E-state index is 12.4. The minimum atomic E-state index is -0.125. The predicted octanol–water partition coefficient (Wildman–Crippen LogP) is 3.98. The van der Waals surface area contributed by atoms with Gasteiger partial charge in [0.1, 0.15) is 5.75 Å². The molecule has 144 valence electrons. The Labute approximate surface area is 165 Å². The number of amides is 1. The van der Waals surface area contributed by atoms with Crippen LogP contribution in [0.4, 0.5) is 5.69 Å². The maximum Gasteiger partial charge on any atom is 0.252 e. The first-order valence-corrected chi connectivity index (χ1v) is 9.29. The molecule has 3 rings (SSSR count). The zero-order valence-corrected chi connectivity index (χ0v) is 16.2. The van der Waals surface area contributed by atoms with Crippen LogP contribution in [0.5, 0.6) is 5.75 Å². The highest BCUT2D eigenvalue weighted by molar-refractivity contribution is 5.94. The molecule has 28 heavy (non-hydrogen) atoms. The Kier molecular flexibility index (Phi) is 6.63. The number of nitrogens with zero attached hydrogens (tertiary/aromatic N) is 1. The van der Waals surface area contributed by atoms with Crippen LogP contribution in [0.25, 0.3) is 0 Å². The molecular weight excluding hydrogens is 350 g/mol. The van der Waals surface area contributed by atoms with Gasteiger partial charge in [-0.15, -0.1) is 0 Å². The van der Waals surface area contributed by atoms with Gasteiger partial charge in [-0.3, -0.25) is 9.78 Å². The van der Waals surface area contributed by atoms with E-state index in [1.165, 1.54) is 11.1 Å². The van der Waals surface area contributed by atoms with Crippen molar-refractivity contribution in [1.29, 1.82) is 0 Å². The molecule has 0 saturated carbocycles. The number of nitrogens with one attached hydrogen (secondary N) is 2. The number of aromatic nitrogens is 1. The number of carbonyl (C=O) groups is 1. The molecule has 0 aliphatic carbocycles. The van der Waals surface area contributed by atoms with E-state index in [2.05, 4.69) is 46.8 Å². The normalized spacial score (nSPS) is 10.4. The topological polar surface area (TPSA) is 63.2 Å². The minimum absolute atomic E-state index is 0.125. The molecule has 1 aromatic heterocycles. The lowest BCUT2D eigenvalue weighted by Crippen LogP contribution is -2.25. The van der Waals surface area contributed by atoms with Gasteiger partial charge in [0.25, 0.3) is 5.91 Å². The third kappa shape index (κ3) is 5.58. The Morgan fingerprint density at radius 3 is 2.43 bits per heavy atom. The smallest absolute Gasteiger partial charge is 0.252 e. The Hall–Kier alpha value is -3.34. The van der Waals surface area contributed by atoms with Crippen molar-refractivity contribution in [3.8, 4) is 5.75 Å². The van der Waals surface area contributed by atoms with Crippen LogP contribution in [0.2, 0.25) is 0 Å². The lowest BCUT2D eigenvalue weighted by Gasteiger charge is -2.09. The summed E-state index contributed by atoms with van der Waals surface area (Å²) in [6.07, 6.45) is 4.07. The first-order valence-electron chi connectivity index (χ1n) is 9.29. The summed E-state index contributed by atoms with van der Waals surface area (Å²) < 4.78 is 5.15. The molecule has 0 aliphatic rings. The minimum Gasteiger partial charge on any atom is -0.497 e. The first kappa shape index (κ1) is 19.4. The van der Waals surface area contributed by atoms with Crippen molar-refractivity contribution in [2.45, 2.75) is 19.9 Å². The van der Waals surface area contributed by atoms with Crippen LogP contribution in [0.15, 0.2) is 67.0 Å². The van der Waals surface area contributed by atoms with Gasteiger partial charge in [-0.2, -0.15) is 0 Å². The van der Waals surface area contributed by atoms with Gasteiger partial charge in [0.2, 0.25) is 0 Å². The molecule has 0 atom stereocenters. The summed E-state index contributed by atoms with van der Waals surface area (Å²) >= 11 is 0. The lowest BCUT2D eigenvalue weighted by molar-refractivity contribution is 0.0954. The molecule has 2 aromatic carbocycles. The number of aryl methyl sites for hydroxylation is 1. The van der Waals surface area contributed by atoms with Gasteiger partial charge in [-0.1, -0.05) is 42.0 Å².